The highest BCUT2D eigenvalue weighted by Gasteiger charge is 2.28. The van der Waals surface area contributed by atoms with Crippen molar-refractivity contribution in [1.29, 1.82) is 0 Å². The molecule has 1 amide bonds. The van der Waals surface area contributed by atoms with E-state index in [2.05, 4.69) is 21.2 Å². The minimum absolute atomic E-state index is 0.140. The number of carbonyl (C=O) groups is 1. The first-order valence-electron chi connectivity index (χ1n) is 10.9. The molecular formula is C23H27BrN2O4S2. The average molecular weight is 540 g/mol. The van der Waals surface area contributed by atoms with Gasteiger partial charge in [0.2, 0.25) is 10.0 Å². The number of ether oxygens (including phenoxy) is 1. The molecule has 1 aliphatic carbocycles. The van der Waals surface area contributed by atoms with Crippen molar-refractivity contribution in [3.63, 3.8) is 0 Å². The predicted molar refractivity (Wildman–Crippen MR) is 129 cm³/mol. The molecule has 172 valence electrons. The van der Waals surface area contributed by atoms with Crippen molar-refractivity contribution in [2.45, 2.75) is 52.8 Å². The molecule has 1 aliphatic heterocycles. The van der Waals surface area contributed by atoms with Crippen molar-refractivity contribution in [1.82, 2.24) is 9.62 Å². The van der Waals surface area contributed by atoms with E-state index in [-0.39, 0.29) is 16.8 Å². The first kappa shape index (κ1) is 23.8. The van der Waals surface area contributed by atoms with Gasteiger partial charge in [-0.1, -0.05) is 47.0 Å². The molecule has 0 aromatic heterocycles. The van der Waals surface area contributed by atoms with Gasteiger partial charge in [0, 0.05) is 33.4 Å². The molecule has 1 saturated heterocycles. The molecule has 9 heteroatoms. The zero-order chi connectivity index (χ0) is 22.6. The smallest absolute Gasteiger partial charge is 0.252 e. The number of sulfonamides is 1. The third-order valence-corrected chi connectivity index (χ3v) is 9.29. The molecule has 0 spiro atoms. The summed E-state index contributed by atoms with van der Waals surface area (Å²) < 4.78 is 34.1. The summed E-state index contributed by atoms with van der Waals surface area (Å²) in [5.74, 6) is -0.212. The van der Waals surface area contributed by atoms with Crippen LogP contribution in [0.25, 0.3) is 0 Å². The van der Waals surface area contributed by atoms with Gasteiger partial charge in [0.05, 0.1) is 23.7 Å². The van der Waals surface area contributed by atoms with E-state index in [9.17, 15) is 13.2 Å². The zero-order valence-corrected chi connectivity index (χ0v) is 21.0. The Balaban J connectivity index is 1.65. The largest absolute Gasteiger partial charge is 0.379 e. The van der Waals surface area contributed by atoms with E-state index in [1.54, 1.807) is 12.1 Å². The highest BCUT2D eigenvalue weighted by atomic mass is 79.9. The van der Waals surface area contributed by atoms with Crippen LogP contribution in [0, 0.1) is 0 Å². The summed E-state index contributed by atoms with van der Waals surface area (Å²) in [4.78, 5) is 15.1. The average Bonchev–Trinajstić information content (AvgIpc) is 2.82. The van der Waals surface area contributed by atoms with Crippen molar-refractivity contribution < 1.29 is 17.9 Å². The summed E-state index contributed by atoms with van der Waals surface area (Å²) in [5.41, 5.74) is 0.401. The molecule has 0 radical (unpaired) electrons. The van der Waals surface area contributed by atoms with Crippen molar-refractivity contribution in [3.8, 4) is 0 Å². The third-order valence-electron chi connectivity index (χ3n) is 5.79. The molecule has 2 aromatic carbocycles. The van der Waals surface area contributed by atoms with Gasteiger partial charge in [0.15, 0.2) is 0 Å². The van der Waals surface area contributed by atoms with Crippen molar-refractivity contribution in [2.24, 2.45) is 0 Å². The second-order valence-electron chi connectivity index (χ2n) is 8.04. The number of amides is 1. The van der Waals surface area contributed by atoms with Crippen LogP contribution in [-0.2, 0) is 14.8 Å². The highest BCUT2D eigenvalue weighted by molar-refractivity contribution is 9.10. The van der Waals surface area contributed by atoms with Gasteiger partial charge in [-0.2, -0.15) is 4.31 Å². The van der Waals surface area contributed by atoms with Crippen LogP contribution in [0.5, 0.6) is 0 Å². The quantitative estimate of drug-likeness (QED) is 0.577. The first-order valence-corrected chi connectivity index (χ1v) is 13.9. The van der Waals surface area contributed by atoms with Crippen LogP contribution >= 0.6 is 27.7 Å². The number of nitrogens with one attached hydrogen (secondary N) is 1. The van der Waals surface area contributed by atoms with E-state index < -0.39 is 10.0 Å². The molecule has 0 atom stereocenters. The molecule has 4 rings (SSSR count). The summed E-state index contributed by atoms with van der Waals surface area (Å²) in [6.07, 6.45) is 5.34. The Morgan fingerprint density at radius 1 is 1.03 bits per heavy atom. The van der Waals surface area contributed by atoms with Gasteiger partial charge in [-0.05, 0) is 55.3 Å². The fraction of sp³-hybridized carbons (Fsp3) is 0.435. The zero-order valence-electron chi connectivity index (χ0n) is 17.8. The number of rotatable bonds is 6. The molecule has 2 aliphatic rings. The van der Waals surface area contributed by atoms with Crippen LogP contribution in [0.1, 0.15) is 42.5 Å². The van der Waals surface area contributed by atoms with Crippen LogP contribution in [-0.4, -0.2) is 51.0 Å². The molecule has 2 aromatic rings. The summed E-state index contributed by atoms with van der Waals surface area (Å²) in [5, 5.41) is 3.14. The van der Waals surface area contributed by atoms with Gasteiger partial charge < -0.3 is 10.1 Å². The standard InChI is InChI=1S/C23H27BrN2O4S2/c24-17-6-8-19(9-7-17)31-22-11-10-20(32(28,29)26-12-14-30-15-13-26)16-21(22)23(27)25-18-4-2-1-3-5-18/h6-11,16,18H,1-5,12-15H2,(H,25,27). The van der Waals surface area contributed by atoms with Gasteiger partial charge >= 0.3 is 0 Å². The summed E-state index contributed by atoms with van der Waals surface area (Å²) in [7, 11) is -3.69. The van der Waals surface area contributed by atoms with Crippen molar-refractivity contribution in [2.75, 3.05) is 26.3 Å². The van der Waals surface area contributed by atoms with E-state index in [1.807, 2.05) is 24.3 Å². The molecule has 6 nitrogen and oxygen atoms in total. The lowest BCUT2D eigenvalue weighted by Crippen LogP contribution is -2.40. The number of benzene rings is 2. The number of morpholine rings is 1. The van der Waals surface area contributed by atoms with Gasteiger partial charge in [-0.15, -0.1) is 0 Å². The third kappa shape index (κ3) is 5.75. The summed E-state index contributed by atoms with van der Waals surface area (Å²) >= 11 is 4.90. The second kappa shape index (κ2) is 10.7. The molecule has 0 bridgehead atoms. The van der Waals surface area contributed by atoms with Crippen molar-refractivity contribution >= 4 is 43.6 Å². The van der Waals surface area contributed by atoms with Gasteiger partial charge in [0.1, 0.15) is 0 Å². The van der Waals surface area contributed by atoms with Gasteiger partial charge in [-0.3, -0.25) is 4.79 Å². The first-order chi connectivity index (χ1) is 15.4. The van der Waals surface area contributed by atoms with Crippen LogP contribution in [0.4, 0.5) is 0 Å². The molecule has 1 saturated carbocycles. The SMILES string of the molecule is O=C(NC1CCCCC1)c1cc(S(=O)(=O)N2CCOCC2)ccc1Sc1ccc(Br)cc1. The number of nitrogens with zero attached hydrogens (tertiary/aromatic N) is 1. The normalized spacial score (nSPS) is 18.4. The lowest BCUT2D eigenvalue weighted by Gasteiger charge is -2.26. The monoisotopic (exact) mass is 538 g/mol. The summed E-state index contributed by atoms with van der Waals surface area (Å²) in [6, 6.07) is 12.8. The Hall–Kier alpha value is -1.39. The fourth-order valence-corrected chi connectivity index (χ4v) is 6.63. The van der Waals surface area contributed by atoms with Crippen molar-refractivity contribution in [3.05, 3.63) is 52.5 Å². The maximum atomic E-state index is 13.3. The maximum absolute atomic E-state index is 13.3. The molecule has 1 N–H and O–H groups in total. The maximum Gasteiger partial charge on any atom is 0.252 e. The van der Waals surface area contributed by atoms with E-state index in [0.717, 1.165) is 39.9 Å². The summed E-state index contributed by atoms with van der Waals surface area (Å²) in [6.45, 7) is 1.40. The topological polar surface area (TPSA) is 75.7 Å². The highest BCUT2D eigenvalue weighted by Crippen LogP contribution is 2.33. The lowest BCUT2D eigenvalue weighted by molar-refractivity contribution is 0.0730. The number of halogens is 1. The van der Waals surface area contributed by atoms with E-state index >= 15 is 0 Å². The van der Waals surface area contributed by atoms with Crippen LogP contribution < -0.4 is 5.32 Å². The minimum Gasteiger partial charge on any atom is -0.379 e. The molecule has 2 fully saturated rings. The Morgan fingerprint density at radius 2 is 1.72 bits per heavy atom. The van der Waals surface area contributed by atoms with Gasteiger partial charge in [-0.25, -0.2) is 8.42 Å². The Bertz CT molecular complexity index is 1050. The molecule has 1 heterocycles. The number of hydrogen-bond acceptors (Lipinski definition) is 5. The Labute approximate surface area is 202 Å². The van der Waals surface area contributed by atoms with Gasteiger partial charge in [0.25, 0.3) is 5.91 Å². The number of carbonyl (C=O) groups excluding carboxylic acids is 1. The van der Waals surface area contributed by atoms with Crippen LogP contribution in [0.3, 0.4) is 0 Å². The molecule has 32 heavy (non-hydrogen) atoms. The van der Waals surface area contributed by atoms with Crippen LogP contribution in [0.15, 0.2) is 61.6 Å². The fourth-order valence-electron chi connectivity index (χ4n) is 4.01. The Morgan fingerprint density at radius 3 is 2.41 bits per heavy atom. The minimum atomic E-state index is -3.69. The van der Waals surface area contributed by atoms with Crippen LogP contribution in [0.2, 0.25) is 0 Å². The van der Waals surface area contributed by atoms with E-state index in [0.29, 0.717) is 31.9 Å². The van der Waals surface area contributed by atoms with E-state index in [1.165, 1.54) is 28.6 Å². The second-order valence-corrected chi connectivity index (χ2v) is 12.0. The van der Waals surface area contributed by atoms with E-state index in [4.69, 9.17) is 4.74 Å². The molecule has 0 unspecified atom stereocenters. The molecular weight excluding hydrogens is 512 g/mol. The number of hydrogen-bond donors (Lipinski definition) is 1. The lowest BCUT2D eigenvalue weighted by atomic mass is 9.95. The predicted octanol–water partition coefficient (Wildman–Crippen LogP) is 4.68. The Kier molecular flexibility index (Phi) is 7.94.